The van der Waals surface area contributed by atoms with Crippen LogP contribution < -0.4 is 4.31 Å². The van der Waals surface area contributed by atoms with Gasteiger partial charge in [0, 0.05) is 13.1 Å². The second-order valence-corrected chi connectivity index (χ2v) is 8.24. The standard InChI is InChI=1S/C18H26N2O5S/c1-3-25-18(22)15-8-10-16(11-9-15)20(26(2,23)24)14-17(21)19-12-6-4-5-7-13-19/h8-11H,3-7,12-14H2,1-2H3. The van der Waals surface area contributed by atoms with Crippen LogP contribution in [0.4, 0.5) is 5.69 Å². The van der Waals surface area contributed by atoms with Gasteiger partial charge < -0.3 is 9.64 Å². The minimum atomic E-state index is -3.63. The van der Waals surface area contributed by atoms with Crippen molar-refractivity contribution in [3.05, 3.63) is 29.8 Å². The third-order valence-electron chi connectivity index (χ3n) is 4.30. The first-order valence-corrected chi connectivity index (χ1v) is 10.7. The molecule has 1 heterocycles. The van der Waals surface area contributed by atoms with Crippen LogP contribution in [0.25, 0.3) is 0 Å². The van der Waals surface area contributed by atoms with E-state index in [1.165, 1.54) is 24.3 Å². The fourth-order valence-electron chi connectivity index (χ4n) is 2.92. The molecule has 1 saturated heterocycles. The number of sulfonamides is 1. The van der Waals surface area contributed by atoms with Crippen LogP contribution >= 0.6 is 0 Å². The van der Waals surface area contributed by atoms with Crippen LogP contribution in [0.5, 0.6) is 0 Å². The Kier molecular flexibility index (Phi) is 7.02. The molecule has 1 amide bonds. The quantitative estimate of drug-likeness (QED) is 0.703. The van der Waals surface area contributed by atoms with Crippen molar-refractivity contribution in [2.45, 2.75) is 32.6 Å². The SMILES string of the molecule is CCOC(=O)c1ccc(N(CC(=O)N2CCCCCC2)S(C)(=O)=O)cc1. The number of hydrogen-bond acceptors (Lipinski definition) is 5. The molecule has 7 nitrogen and oxygen atoms in total. The molecular formula is C18H26N2O5S. The number of hydrogen-bond donors (Lipinski definition) is 0. The molecule has 2 rings (SSSR count). The van der Waals surface area contributed by atoms with E-state index in [-0.39, 0.29) is 19.1 Å². The van der Waals surface area contributed by atoms with E-state index in [1.54, 1.807) is 11.8 Å². The highest BCUT2D eigenvalue weighted by atomic mass is 32.2. The largest absolute Gasteiger partial charge is 0.462 e. The van der Waals surface area contributed by atoms with Gasteiger partial charge in [0.25, 0.3) is 0 Å². The highest BCUT2D eigenvalue weighted by molar-refractivity contribution is 7.92. The summed E-state index contributed by atoms with van der Waals surface area (Å²) in [6.45, 7) is 3.07. The second kappa shape index (κ2) is 9.02. The lowest BCUT2D eigenvalue weighted by Gasteiger charge is -2.26. The molecule has 1 aromatic rings. The molecule has 1 aliphatic heterocycles. The number of likely N-dealkylation sites (tertiary alicyclic amines) is 1. The third-order valence-corrected chi connectivity index (χ3v) is 5.44. The zero-order chi connectivity index (χ0) is 19.2. The third kappa shape index (κ3) is 5.45. The average molecular weight is 382 g/mol. The maximum atomic E-state index is 12.6. The molecule has 0 unspecified atom stereocenters. The summed E-state index contributed by atoms with van der Waals surface area (Å²) in [7, 11) is -3.63. The predicted molar refractivity (Wildman–Crippen MR) is 99.6 cm³/mol. The number of amides is 1. The Morgan fingerprint density at radius 3 is 2.15 bits per heavy atom. The van der Waals surface area contributed by atoms with E-state index < -0.39 is 16.0 Å². The van der Waals surface area contributed by atoms with Crippen molar-refractivity contribution in [3.8, 4) is 0 Å². The molecule has 1 aliphatic rings. The zero-order valence-electron chi connectivity index (χ0n) is 15.3. The fraction of sp³-hybridized carbons (Fsp3) is 0.556. The molecular weight excluding hydrogens is 356 g/mol. The van der Waals surface area contributed by atoms with Crippen molar-refractivity contribution >= 4 is 27.6 Å². The fourth-order valence-corrected chi connectivity index (χ4v) is 3.77. The number of ether oxygens (including phenoxy) is 1. The first-order chi connectivity index (χ1) is 12.3. The van der Waals surface area contributed by atoms with Crippen molar-refractivity contribution in [1.82, 2.24) is 4.90 Å². The highest BCUT2D eigenvalue weighted by Crippen LogP contribution is 2.20. The molecule has 8 heteroatoms. The van der Waals surface area contributed by atoms with E-state index in [0.29, 0.717) is 24.3 Å². The lowest BCUT2D eigenvalue weighted by molar-refractivity contribution is -0.129. The Balaban J connectivity index is 2.17. The van der Waals surface area contributed by atoms with Crippen molar-refractivity contribution < 1.29 is 22.7 Å². The molecule has 0 aromatic heterocycles. The van der Waals surface area contributed by atoms with Gasteiger partial charge in [0.1, 0.15) is 6.54 Å². The minimum Gasteiger partial charge on any atom is -0.462 e. The molecule has 0 bridgehead atoms. The Bertz CT molecular complexity index is 722. The summed E-state index contributed by atoms with van der Waals surface area (Å²) in [5, 5.41) is 0. The van der Waals surface area contributed by atoms with Gasteiger partial charge in [-0.3, -0.25) is 9.10 Å². The summed E-state index contributed by atoms with van der Waals surface area (Å²) in [6, 6.07) is 6.04. The second-order valence-electron chi connectivity index (χ2n) is 6.33. The molecule has 1 fully saturated rings. The van der Waals surface area contributed by atoms with E-state index in [0.717, 1.165) is 36.2 Å². The maximum absolute atomic E-state index is 12.6. The zero-order valence-corrected chi connectivity index (χ0v) is 16.1. The van der Waals surface area contributed by atoms with Gasteiger partial charge in [-0.2, -0.15) is 0 Å². The topological polar surface area (TPSA) is 84.0 Å². The Morgan fingerprint density at radius 2 is 1.65 bits per heavy atom. The number of carbonyl (C=O) groups excluding carboxylic acids is 2. The van der Waals surface area contributed by atoms with Crippen LogP contribution in [0, 0.1) is 0 Å². The van der Waals surface area contributed by atoms with Gasteiger partial charge in [-0.05, 0) is 44.0 Å². The summed E-state index contributed by atoms with van der Waals surface area (Å²) in [4.78, 5) is 26.0. The molecule has 144 valence electrons. The summed E-state index contributed by atoms with van der Waals surface area (Å²) < 4.78 is 30.4. The first-order valence-electron chi connectivity index (χ1n) is 8.85. The molecule has 0 N–H and O–H groups in total. The van der Waals surface area contributed by atoms with Gasteiger partial charge >= 0.3 is 5.97 Å². The van der Waals surface area contributed by atoms with Crippen molar-refractivity contribution in [3.63, 3.8) is 0 Å². The van der Waals surface area contributed by atoms with Crippen LogP contribution in [-0.4, -0.2) is 57.7 Å². The van der Waals surface area contributed by atoms with E-state index >= 15 is 0 Å². The van der Waals surface area contributed by atoms with Crippen molar-refractivity contribution in [1.29, 1.82) is 0 Å². The van der Waals surface area contributed by atoms with E-state index in [1.807, 2.05) is 0 Å². The molecule has 0 aliphatic carbocycles. The predicted octanol–water partition coefficient (Wildman–Crippen LogP) is 2.03. The molecule has 0 radical (unpaired) electrons. The van der Waals surface area contributed by atoms with Gasteiger partial charge in [-0.15, -0.1) is 0 Å². The smallest absolute Gasteiger partial charge is 0.338 e. The average Bonchev–Trinajstić information content (AvgIpc) is 2.88. The van der Waals surface area contributed by atoms with Crippen LogP contribution in [0.1, 0.15) is 43.0 Å². The monoisotopic (exact) mass is 382 g/mol. The number of anilines is 1. The van der Waals surface area contributed by atoms with E-state index in [2.05, 4.69) is 0 Å². The van der Waals surface area contributed by atoms with Gasteiger partial charge in [0.05, 0.1) is 24.1 Å². The van der Waals surface area contributed by atoms with Gasteiger partial charge in [-0.25, -0.2) is 13.2 Å². The van der Waals surface area contributed by atoms with Crippen LogP contribution in [0.2, 0.25) is 0 Å². The van der Waals surface area contributed by atoms with Crippen molar-refractivity contribution in [2.24, 2.45) is 0 Å². The number of esters is 1. The molecule has 0 saturated carbocycles. The highest BCUT2D eigenvalue weighted by Gasteiger charge is 2.24. The maximum Gasteiger partial charge on any atom is 0.338 e. The van der Waals surface area contributed by atoms with Crippen molar-refractivity contribution in [2.75, 3.05) is 36.8 Å². The normalized spacial score (nSPS) is 15.2. The number of rotatable bonds is 6. The number of carbonyl (C=O) groups is 2. The van der Waals surface area contributed by atoms with Crippen LogP contribution in [0.15, 0.2) is 24.3 Å². The summed E-state index contributed by atoms with van der Waals surface area (Å²) in [5.74, 6) is -0.669. The minimum absolute atomic E-state index is 0.202. The first kappa shape index (κ1) is 20.2. The molecule has 26 heavy (non-hydrogen) atoms. The van der Waals surface area contributed by atoms with Crippen LogP contribution in [0.3, 0.4) is 0 Å². The Labute approximate surface area is 155 Å². The summed E-state index contributed by atoms with van der Waals surface area (Å²) in [6.07, 6.45) is 5.14. The lowest BCUT2D eigenvalue weighted by atomic mass is 10.2. The van der Waals surface area contributed by atoms with E-state index in [4.69, 9.17) is 4.74 Å². The van der Waals surface area contributed by atoms with Gasteiger partial charge in [0.15, 0.2) is 0 Å². The Hall–Kier alpha value is -2.09. The van der Waals surface area contributed by atoms with E-state index in [9.17, 15) is 18.0 Å². The van der Waals surface area contributed by atoms with Gasteiger partial charge in [0.2, 0.25) is 15.9 Å². The summed E-state index contributed by atoms with van der Waals surface area (Å²) >= 11 is 0. The molecule has 0 spiro atoms. The van der Waals surface area contributed by atoms with Gasteiger partial charge in [-0.1, -0.05) is 12.8 Å². The Morgan fingerprint density at radius 1 is 1.08 bits per heavy atom. The van der Waals surface area contributed by atoms with Crippen LogP contribution in [-0.2, 0) is 19.6 Å². The summed E-state index contributed by atoms with van der Waals surface area (Å²) in [5.41, 5.74) is 0.687. The number of benzene rings is 1. The molecule has 1 aromatic carbocycles. The lowest BCUT2D eigenvalue weighted by Crippen LogP contribution is -2.43. The number of nitrogens with zero attached hydrogens (tertiary/aromatic N) is 2. The molecule has 0 atom stereocenters.